The van der Waals surface area contributed by atoms with Crippen molar-refractivity contribution in [1.82, 2.24) is 0 Å². The monoisotopic (exact) mass is 355 g/mol. The Morgan fingerprint density at radius 1 is 1.19 bits per heavy atom. The van der Waals surface area contributed by atoms with Gasteiger partial charge in [0.2, 0.25) is 0 Å². The first-order valence-electron chi connectivity index (χ1n) is 6.14. The quantitative estimate of drug-likeness (QED) is 0.895. The van der Waals surface area contributed by atoms with Crippen molar-refractivity contribution in [2.45, 2.75) is 13.0 Å². The van der Waals surface area contributed by atoms with Crippen LogP contribution in [0.15, 0.2) is 46.9 Å². The number of carbonyl (C=O) groups is 1. The summed E-state index contributed by atoms with van der Waals surface area (Å²) in [7, 11) is 0. The second kappa shape index (κ2) is 6.67. The molecule has 110 valence electrons. The van der Waals surface area contributed by atoms with Crippen LogP contribution in [0.4, 0.5) is 14.5 Å². The smallest absolute Gasteiger partial charge is 0.265 e. The number of anilines is 1. The molecule has 1 atom stereocenters. The van der Waals surface area contributed by atoms with Gasteiger partial charge in [-0.2, -0.15) is 0 Å². The standard InChI is InChI=1S/C15H12BrF2NO2/c1-9(21-10-6-7-12(17)13(18)8-10)15(20)19-14-5-3-2-4-11(14)16/h2-9H,1H3,(H,19,20). The Bertz CT molecular complexity index is 664. The van der Waals surface area contributed by atoms with E-state index in [1.54, 1.807) is 18.2 Å². The van der Waals surface area contributed by atoms with Gasteiger partial charge in [-0.3, -0.25) is 4.79 Å². The van der Waals surface area contributed by atoms with Gasteiger partial charge in [-0.1, -0.05) is 12.1 Å². The molecule has 0 heterocycles. The summed E-state index contributed by atoms with van der Waals surface area (Å²) in [4.78, 5) is 12.0. The summed E-state index contributed by atoms with van der Waals surface area (Å²) in [6.07, 6.45) is -0.859. The third kappa shape index (κ3) is 4.01. The number of halogens is 3. The SMILES string of the molecule is CC(Oc1ccc(F)c(F)c1)C(=O)Nc1ccccc1Br. The zero-order valence-electron chi connectivity index (χ0n) is 11.1. The van der Waals surface area contributed by atoms with Gasteiger partial charge in [-0.25, -0.2) is 8.78 Å². The number of benzene rings is 2. The number of amides is 1. The van der Waals surface area contributed by atoms with Crippen LogP contribution >= 0.6 is 15.9 Å². The Morgan fingerprint density at radius 3 is 2.57 bits per heavy atom. The van der Waals surface area contributed by atoms with E-state index in [1.165, 1.54) is 13.0 Å². The van der Waals surface area contributed by atoms with Crippen molar-refractivity contribution >= 4 is 27.5 Å². The van der Waals surface area contributed by atoms with E-state index < -0.39 is 23.6 Å². The van der Waals surface area contributed by atoms with Crippen LogP contribution in [-0.4, -0.2) is 12.0 Å². The molecule has 6 heteroatoms. The lowest BCUT2D eigenvalue weighted by Crippen LogP contribution is -2.30. The van der Waals surface area contributed by atoms with Crippen molar-refractivity contribution in [2.24, 2.45) is 0 Å². The van der Waals surface area contributed by atoms with E-state index in [4.69, 9.17) is 4.74 Å². The predicted molar refractivity (Wildman–Crippen MR) is 79.2 cm³/mol. The van der Waals surface area contributed by atoms with Crippen molar-refractivity contribution < 1.29 is 18.3 Å². The third-order valence-electron chi connectivity index (χ3n) is 2.70. The van der Waals surface area contributed by atoms with Crippen LogP contribution in [0.1, 0.15) is 6.92 Å². The molecule has 0 bridgehead atoms. The van der Waals surface area contributed by atoms with Gasteiger partial charge in [0.1, 0.15) is 5.75 Å². The summed E-state index contributed by atoms with van der Waals surface area (Å²) in [6, 6.07) is 10.2. The molecule has 0 spiro atoms. The normalized spacial score (nSPS) is 11.8. The maximum atomic E-state index is 13.1. The highest BCUT2D eigenvalue weighted by molar-refractivity contribution is 9.10. The molecule has 0 saturated heterocycles. The first kappa shape index (κ1) is 15.4. The first-order valence-corrected chi connectivity index (χ1v) is 6.94. The van der Waals surface area contributed by atoms with Crippen molar-refractivity contribution in [2.75, 3.05) is 5.32 Å². The number of ether oxygens (including phenoxy) is 1. The fourth-order valence-electron chi connectivity index (χ4n) is 1.60. The topological polar surface area (TPSA) is 38.3 Å². The largest absolute Gasteiger partial charge is 0.481 e. The second-order valence-corrected chi connectivity index (χ2v) is 5.16. The van der Waals surface area contributed by atoms with Gasteiger partial charge < -0.3 is 10.1 Å². The average Bonchev–Trinajstić information content (AvgIpc) is 2.45. The third-order valence-corrected chi connectivity index (χ3v) is 3.40. The number of carbonyl (C=O) groups excluding carboxylic acids is 1. The lowest BCUT2D eigenvalue weighted by molar-refractivity contribution is -0.122. The van der Waals surface area contributed by atoms with E-state index in [1.807, 2.05) is 6.07 Å². The minimum Gasteiger partial charge on any atom is -0.481 e. The van der Waals surface area contributed by atoms with Crippen LogP contribution in [0.2, 0.25) is 0 Å². The number of rotatable bonds is 4. The summed E-state index contributed by atoms with van der Waals surface area (Å²) < 4.78 is 31.9. The molecule has 1 amide bonds. The molecule has 0 fully saturated rings. The molecule has 0 aliphatic heterocycles. The number of nitrogens with one attached hydrogen (secondary N) is 1. The number of hydrogen-bond acceptors (Lipinski definition) is 2. The molecule has 2 aromatic rings. The van der Waals surface area contributed by atoms with E-state index in [9.17, 15) is 13.6 Å². The van der Waals surface area contributed by atoms with E-state index in [-0.39, 0.29) is 5.75 Å². The second-order valence-electron chi connectivity index (χ2n) is 4.31. The van der Waals surface area contributed by atoms with E-state index >= 15 is 0 Å². The molecule has 1 N–H and O–H groups in total. The van der Waals surface area contributed by atoms with Crippen LogP contribution in [0.25, 0.3) is 0 Å². The Balaban J connectivity index is 2.02. The van der Waals surface area contributed by atoms with Crippen LogP contribution in [0, 0.1) is 11.6 Å². The van der Waals surface area contributed by atoms with E-state index in [2.05, 4.69) is 21.2 Å². The molecule has 2 rings (SSSR count). The highest BCUT2D eigenvalue weighted by atomic mass is 79.9. The fraction of sp³-hybridized carbons (Fsp3) is 0.133. The van der Waals surface area contributed by atoms with Crippen LogP contribution < -0.4 is 10.1 Å². The number of hydrogen-bond donors (Lipinski definition) is 1. The molecule has 0 aliphatic carbocycles. The Kier molecular flexibility index (Phi) is 4.90. The minimum absolute atomic E-state index is 0.0867. The van der Waals surface area contributed by atoms with Gasteiger partial charge in [-0.15, -0.1) is 0 Å². The Labute approximate surface area is 129 Å². The maximum absolute atomic E-state index is 13.1. The Morgan fingerprint density at radius 2 is 1.90 bits per heavy atom. The zero-order chi connectivity index (χ0) is 15.4. The van der Waals surface area contributed by atoms with Crippen molar-refractivity contribution in [3.63, 3.8) is 0 Å². The molecule has 21 heavy (non-hydrogen) atoms. The fourth-order valence-corrected chi connectivity index (χ4v) is 1.99. The van der Waals surface area contributed by atoms with Gasteiger partial charge in [0.05, 0.1) is 5.69 Å². The molecule has 1 unspecified atom stereocenters. The van der Waals surface area contributed by atoms with E-state index in [0.717, 1.165) is 16.6 Å². The van der Waals surface area contributed by atoms with Crippen LogP contribution in [-0.2, 0) is 4.79 Å². The summed E-state index contributed by atoms with van der Waals surface area (Å²) in [5, 5.41) is 2.68. The lowest BCUT2D eigenvalue weighted by Gasteiger charge is -2.15. The summed E-state index contributed by atoms with van der Waals surface area (Å²) in [5.74, 6) is -2.30. The molecule has 0 aromatic heterocycles. The minimum atomic E-state index is -1.02. The maximum Gasteiger partial charge on any atom is 0.265 e. The average molecular weight is 356 g/mol. The van der Waals surface area contributed by atoms with Crippen LogP contribution in [0.5, 0.6) is 5.75 Å². The highest BCUT2D eigenvalue weighted by Crippen LogP contribution is 2.22. The summed E-state index contributed by atoms with van der Waals surface area (Å²) in [5.41, 5.74) is 0.600. The van der Waals surface area contributed by atoms with E-state index in [0.29, 0.717) is 5.69 Å². The predicted octanol–water partition coefficient (Wildman–Crippen LogP) is 4.13. The zero-order valence-corrected chi connectivity index (χ0v) is 12.7. The van der Waals surface area contributed by atoms with Gasteiger partial charge in [0.15, 0.2) is 17.7 Å². The first-order chi connectivity index (χ1) is 9.97. The van der Waals surface area contributed by atoms with Crippen molar-refractivity contribution in [1.29, 1.82) is 0 Å². The molecule has 0 aliphatic rings. The highest BCUT2D eigenvalue weighted by Gasteiger charge is 2.16. The van der Waals surface area contributed by atoms with Gasteiger partial charge in [0.25, 0.3) is 5.91 Å². The van der Waals surface area contributed by atoms with Crippen molar-refractivity contribution in [3.8, 4) is 5.75 Å². The summed E-state index contributed by atoms with van der Waals surface area (Å²) in [6.45, 7) is 1.52. The molecule has 3 nitrogen and oxygen atoms in total. The van der Waals surface area contributed by atoms with Gasteiger partial charge in [0, 0.05) is 10.5 Å². The molecular weight excluding hydrogens is 344 g/mol. The van der Waals surface area contributed by atoms with Crippen LogP contribution in [0.3, 0.4) is 0 Å². The number of para-hydroxylation sites is 1. The lowest BCUT2D eigenvalue weighted by atomic mass is 10.3. The molecule has 0 saturated carbocycles. The molecule has 0 radical (unpaired) electrons. The molecule has 2 aromatic carbocycles. The Hall–Kier alpha value is -1.95. The van der Waals surface area contributed by atoms with Gasteiger partial charge >= 0.3 is 0 Å². The van der Waals surface area contributed by atoms with Crippen molar-refractivity contribution in [3.05, 3.63) is 58.6 Å². The van der Waals surface area contributed by atoms with Gasteiger partial charge in [-0.05, 0) is 47.1 Å². The summed E-state index contributed by atoms with van der Waals surface area (Å²) >= 11 is 3.31. The molecular formula is C15H12BrF2NO2.